The van der Waals surface area contributed by atoms with E-state index in [-0.39, 0.29) is 6.54 Å². The van der Waals surface area contributed by atoms with Crippen LogP contribution in [0.1, 0.15) is 23.6 Å². The molecule has 2 N–H and O–H groups in total. The van der Waals surface area contributed by atoms with Gasteiger partial charge in [-0.15, -0.1) is 0 Å². The number of nitrogens with two attached hydrogens (primary N) is 1. The Kier molecular flexibility index (Phi) is 3.27. The van der Waals surface area contributed by atoms with Crippen LogP contribution in [0.2, 0.25) is 0 Å². The summed E-state index contributed by atoms with van der Waals surface area (Å²) in [5.41, 5.74) is 7.52. The number of aryl methyl sites for hydroxylation is 2. The van der Waals surface area contributed by atoms with Gasteiger partial charge in [-0.25, -0.2) is 4.39 Å². The van der Waals surface area contributed by atoms with Crippen LogP contribution in [0, 0.1) is 13.8 Å². The van der Waals surface area contributed by atoms with Crippen molar-refractivity contribution < 1.29 is 4.39 Å². The van der Waals surface area contributed by atoms with Gasteiger partial charge >= 0.3 is 0 Å². The molecule has 1 aromatic carbocycles. The molecule has 0 fully saturated rings. The van der Waals surface area contributed by atoms with E-state index in [2.05, 4.69) is 6.92 Å². The normalized spacial score (nSPS) is 15.2. The van der Waals surface area contributed by atoms with E-state index in [1.54, 1.807) is 6.92 Å². The SMILES string of the molecule is Cc1ccc(CC(C)(F)CN)cc1C. The molecule has 0 aliphatic carbocycles. The van der Waals surface area contributed by atoms with Crippen LogP contribution < -0.4 is 5.73 Å². The van der Waals surface area contributed by atoms with Crippen LogP contribution in [-0.4, -0.2) is 12.2 Å². The first kappa shape index (κ1) is 11.2. The molecule has 0 spiro atoms. The average molecular weight is 195 g/mol. The van der Waals surface area contributed by atoms with Crippen LogP contribution in [0.4, 0.5) is 4.39 Å². The second kappa shape index (κ2) is 4.09. The van der Waals surface area contributed by atoms with Gasteiger partial charge in [-0.2, -0.15) is 0 Å². The van der Waals surface area contributed by atoms with Gasteiger partial charge in [0, 0.05) is 13.0 Å². The molecule has 0 aliphatic heterocycles. The van der Waals surface area contributed by atoms with Gasteiger partial charge in [0.1, 0.15) is 5.67 Å². The van der Waals surface area contributed by atoms with E-state index in [0.29, 0.717) is 6.42 Å². The minimum atomic E-state index is -1.29. The zero-order valence-corrected chi connectivity index (χ0v) is 9.10. The molecule has 1 aromatic rings. The van der Waals surface area contributed by atoms with Crippen LogP contribution in [0.25, 0.3) is 0 Å². The van der Waals surface area contributed by atoms with E-state index in [0.717, 1.165) is 5.56 Å². The Labute approximate surface area is 85.1 Å². The summed E-state index contributed by atoms with van der Waals surface area (Å²) < 4.78 is 13.6. The fourth-order valence-electron chi connectivity index (χ4n) is 1.41. The Morgan fingerprint density at radius 2 is 1.93 bits per heavy atom. The molecule has 1 nitrogen and oxygen atoms in total. The molecule has 1 atom stereocenters. The highest BCUT2D eigenvalue weighted by atomic mass is 19.1. The van der Waals surface area contributed by atoms with Crippen molar-refractivity contribution in [1.82, 2.24) is 0 Å². The molecule has 0 saturated carbocycles. The lowest BCUT2D eigenvalue weighted by molar-refractivity contribution is 0.200. The van der Waals surface area contributed by atoms with Crippen molar-refractivity contribution in [3.63, 3.8) is 0 Å². The zero-order valence-electron chi connectivity index (χ0n) is 9.10. The maximum Gasteiger partial charge on any atom is 0.124 e. The third kappa shape index (κ3) is 2.81. The quantitative estimate of drug-likeness (QED) is 0.788. The first-order valence-electron chi connectivity index (χ1n) is 4.90. The highest BCUT2D eigenvalue weighted by Crippen LogP contribution is 2.18. The van der Waals surface area contributed by atoms with Gasteiger partial charge in [-0.3, -0.25) is 0 Å². The number of alkyl halides is 1. The van der Waals surface area contributed by atoms with Gasteiger partial charge in [-0.05, 0) is 37.5 Å². The molecule has 14 heavy (non-hydrogen) atoms. The monoisotopic (exact) mass is 195 g/mol. The number of hydrogen-bond acceptors (Lipinski definition) is 1. The zero-order chi connectivity index (χ0) is 10.8. The molecule has 0 aliphatic rings. The van der Waals surface area contributed by atoms with Gasteiger partial charge in [0.15, 0.2) is 0 Å². The fraction of sp³-hybridized carbons (Fsp3) is 0.500. The van der Waals surface area contributed by atoms with Crippen LogP contribution >= 0.6 is 0 Å². The first-order valence-corrected chi connectivity index (χ1v) is 4.90. The summed E-state index contributed by atoms with van der Waals surface area (Å²) in [5, 5.41) is 0. The summed E-state index contributed by atoms with van der Waals surface area (Å²) in [7, 11) is 0. The lowest BCUT2D eigenvalue weighted by atomic mass is 9.96. The van der Waals surface area contributed by atoms with E-state index in [9.17, 15) is 4.39 Å². The minimum Gasteiger partial charge on any atom is -0.328 e. The number of hydrogen-bond donors (Lipinski definition) is 1. The van der Waals surface area contributed by atoms with Gasteiger partial charge in [0.05, 0.1) is 0 Å². The predicted molar refractivity (Wildman–Crippen MR) is 58.2 cm³/mol. The molecule has 0 radical (unpaired) electrons. The van der Waals surface area contributed by atoms with Crippen molar-refractivity contribution in [2.75, 3.05) is 6.54 Å². The van der Waals surface area contributed by atoms with Crippen LogP contribution in [0.3, 0.4) is 0 Å². The Morgan fingerprint density at radius 1 is 1.29 bits per heavy atom. The second-order valence-electron chi connectivity index (χ2n) is 4.21. The Balaban J connectivity index is 2.83. The smallest absolute Gasteiger partial charge is 0.124 e. The van der Waals surface area contributed by atoms with Crippen molar-refractivity contribution >= 4 is 0 Å². The fourth-order valence-corrected chi connectivity index (χ4v) is 1.41. The minimum absolute atomic E-state index is 0.0694. The van der Waals surface area contributed by atoms with Crippen molar-refractivity contribution in [3.05, 3.63) is 34.9 Å². The van der Waals surface area contributed by atoms with E-state index < -0.39 is 5.67 Å². The highest BCUT2D eigenvalue weighted by Gasteiger charge is 2.21. The number of halogens is 1. The molecule has 78 valence electrons. The molecule has 1 rings (SSSR count). The lowest BCUT2D eigenvalue weighted by Gasteiger charge is -2.18. The molecule has 0 saturated heterocycles. The summed E-state index contributed by atoms with van der Waals surface area (Å²) in [6.07, 6.45) is 0.393. The van der Waals surface area contributed by atoms with Crippen LogP contribution in [0.15, 0.2) is 18.2 Å². The standard InChI is InChI=1S/C12H18FN/c1-9-4-5-11(6-10(9)2)7-12(3,13)8-14/h4-6H,7-8,14H2,1-3H3. The van der Waals surface area contributed by atoms with Gasteiger partial charge in [0.2, 0.25) is 0 Å². The van der Waals surface area contributed by atoms with Gasteiger partial charge in [-0.1, -0.05) is 18.2 Å². The molecular formula is C12H18FN. The predicted octanol–water partition coefficient (Wildman–Crippen LogP) is 2.53. The molecular weight excluding hydrogens is 177 g/mol. The largest absolute Gasteiger partial charge is 0.328 e. The molecule has 0 aromatic heterocycles. The van der Waals surface area contributed by atoms with E-state index in [1.165, 1.54) is 11.1 Å². The van der Waals surface area contributed by atoms with Gasteiger partial charge < -0.3 is 5.73 Å². The second-order valence-corrected chi connectivity index (χ2v) is 4.21. The molecule has 2 heteroatoms. The first-order chi connectivity index (χ1) is 6.44. The average Bonchev–Trinajstić information content (AvgIpc) is 2.11. The topological polar surface area (TPSA) is 26.0 Å². The van der Waals surface area contributed by atoms with E-state index in [1.807, 2.05) is 25.1 Å². The molecule has 1 unspecified atom stereocenters. The maximum atomic E-state index is 13.6. The Hall–Kier alpha value is -0.890. The van der Waals surface area contributed by atoms with E-state index in [4.69, 9.17) is 5.73 Å². The summed E-state index contributed by atoms with van der Waals surface area (Å²) in [5.74, 6) is 0. The van der Waals surface area contributed by atoms with Crippen LogP contribution in [0.5, 0.6) is 0 Å². The summed E-state index contributed by atoms with van der Waals surface area (Å²) in [6, 6.07) is 6.02. The van der Waals surface area contributed by atoms with E-state index >= 15 is 0 Å². The van der Waals surface area contributed by atoms with Crippen molar-refractivity contribution in [3.8, 4) is 0 Å². The van der Waals surface area contributed by atoms with Crippen molar-refractivity contribution in [2.24, 2.45) is 5.73 Å². The maximum absolute atomic E-state index is 13.6. The Bertz CT molecular complexity index is 318. The summed E-state index contributed by atoms with van der Waals surface area (Å²) in [4.78, 5) is 0. The third-order valence-corrected chi connectivity index (χ3v) is 2.57. The third-order valence-electron chi connectivity index (χ3n) is 2.57. The van der Waals surface area contributed by atoms with Crippen LogP contribution in [-0.2, 0) is 6.42 Å². The molecule has 0 heterocycles. The summed E-state index contributed by atoms with van der Waals surface area (Å²) in [6.45, 7) is 5.70. The highest BCUT2D eigenvalue weighted by molar-refractivity contribution is 5.30. The van der Waals surface area contributed by atoms with Crippen molar-refractivity contribution in [2.45, 2.75) is 32.9 Å². The van der Waals surface area contributed by atoms with Crippen molar-refractivity contribution in [1.29, 1.82) is 0 Å². The summed E-state index contributed by atoms with van der Waals surface area (Å²) >= 11 is 0. The number of rotatable bonds is 3. The lowest BCUT2D eigenvalue weighted by Crippen LogP contribution is -2.31. The van der Waals surface area contributed by atoms with Gasteiger partial charge in [0.25, 0.3) is 0 Å². The Morgan fingerprint density at radius 3 is 2.43 bits per heavy atom. The number of benzene rings is 1. The molecule has 0 bridgehead atoms. The molecule has 0 amide bonds.